The minimum Gasteiger partial charge on any atom is -0.351 e. The standard InChI is InChI=1S/C26H24N4O/c31-26(24(20-9-3-1-4-10-20)21-11-5-2-6-12-21)30-17-15-29(16-18-30)25-23-14-8-7-13-22(23)19-27-28-25/h1-14,19,24H,15-18H2. The summed E-state index contributed by atoms with van der Waals surface area (Å²) in [4.78, 5) is 17.9. The highest BCUT2D eigenvalue weighted by Crippen LogP contribution is 2.29. The maximum Gasteiger partial charge on any atom is 0.234 e. The molecule has 0 radical (unpaired) electrons. The van der Waals surface area contributed by atoms with Crippen molar-refractivity contribution in [1.82, 2.24) is 15.1 Å². The first kappa shape index (κ1) is 19.2. The summed E-state index contributed by atoms with van der Waals surface area (Å²) in [6, 6.07) is 28.3. The van der Waals surface area contributed by atoms with E-state index in [1.807, 2.05) is 77.7 Å². The number of benzene rings is 3. The van der Waals surface area contributed by atoms with Gasteiger partial charge in [0, 0.05) is 37.0 Å². The van der Waals surface area contributed by atoms with Crippen LogP contribution in [0.2, 0.25) is 0 Å². The van der Waals surface area contributed by atoms with E-state index in [2.05, 4.69) is 27.2 Å². The molecule has 3 aromatic carbocycles. The van der Waals surface area contributed by atoms with Gasteiger partial charge in [-0.05, 0) is 11.1 Å². The molecule has 0 spiro atoms. The Labute approximate surface area is 182 Å². The van der Waals surface area contributed by atoms with Crippen LogP contribution in [-0.4, -0.2) is 47.2 Å². The molecule has 4 aromatic rings. The van der Waals surface area contributed by atoms with Crippen molar-refractivity contribution in [2.75, 3.05) is 31.1 Å². The molecule has 5 heteroatoms. The van der Waals surface area contributed by atoms with Gasteiger partial charge in [0.1, 0.15) is 0 Å². The third kappa shape index (κ3) is 3.87. The zero-order chi connectivity index (χ0) is 21.0. The molecule has 0 aliphatic carbocycles. The Morgan fingerprint density at radius 1 is 0.742 bits per heavy atom. The summed E-state index contributed by atoms with van der Waals surface area (Å²) in [6.07, 6.45) is 1.79. The van der Waals surface area contributed by atoms with E-state index < -0.39 is 0 Å². The molecule has 0 N–H and O–H groups in total. The van der Waals surface area contributed by atoms with Crippen LogP contribution >= 0.6 is 0 Å². The monoisotopic (exact) mass is 408 g/mol. The van der Waals surface area contributed by atoms with Gasteiger partial charge < -0.3 is 9.80 Å². The Bertz CT molecular complexity index is 1130. The normalized spacial score (nSPS) is 14.2. The van der Waals surface area contributed by atoms with Crippen LogP contribution in [0.1, 0.15) is 17.0 Å². The molecule has 5 rings (SSSR count). The number of amides is 1. The van der Waals surface area contributed by atoms with Crippen molar-refractivity contribution in [3.8, 4) is 0 Å². The van der Waals surface area contributed by atoms with E-state index in [1.54, 1.807) is 6.20 Å². The quantitative estimate of drug-likeness (QED) is 0.510. The van der Waals surface area contributed by atoms with Gasteiger partial charge >= 0.3 is 0 Å². The number of anilines is 1. The highest BCUT2D eigenvalue weighted by molar-refractivity contribution is 5.91. The molecule has 0 saturated carbocycles. The van der Waals surface area contributed by atoms with Gasteiger partial charge in [0.15, 0.2) is 5.82 Å². The fourth-order valence-electron chi connectivity index (χ4n) is 4.34. The largest absolute Gasteiger partial charge is 0.351 e. The second kappa shape index (κ2) is 8.56. The number of hydrogen-bond donors (Lipinski definition) is 0. The molecular formula is C26H24N4O. The number of aromatic nitrogens is 2. The molecule has 5 nitrogen and oxygen atoms in total. The Kier molecular flexibility index (Phi) is 5.31. The predicted octanol–water partition coefficient (Wildman–Crippen LogP) is 4.11. The van der Waals surface area contributed by atoms with Crippen LogP contribution < -0.4 is 4.90 Å². The third-order valence-corrected chi connectivity index (χ3v) is 5.95. The van der Waals surface area contributed by atoms with Crippen LogP contribution in [0, 0.1) is 0 Å². The van der Waals surface area contributed by atoms with Crippen molar-refractivity contribution >= 4 is 22.5 Å². The van der Waals surface area contributed by atoms with E-state index in [0.29, 0.717) is 13.1 Å². The Morgan fingerprint density at radius 2 is 1.32 bits per heavy atom. The Morgan fingerprint density at radius 3 is 1.97 bits per heavy atom. The van der Waals surface area contributed by atoms with Gasteiger partial charge in [0.25, 0.3) is 0 Å². The van der Waals surface area contributed by atoms with Crippen LogP contribution in [0.4, 0.5) is 5.82 Å². The average molecular weight is 409 g/mol. The van der Waals surface area contributed by atoms with Crippen molar-refractivity contribution < 1.29 is 4.79 Å². The molecule has 154 valence electrons. The molecule has 0 unspecified atom stereocenters. The SMILES string of the molecule is O=C(C(c1ccccc1)c1ccccc1)N1CCN(c2nncc3ccccc23)CC1. The summed E-state index contributed by atoms with van der Waals surface area (Å²) < 4.78 is 0. The van der Waals surface area contributed by atoms with E-state index in [1.165, 1.54) is 0 Å². The number of rotatable bonds is 4. The fourth-order valence-corrected chi connectivity index (χ4v) is 4.34. The van der Waals surface area contributed by atoms with Crippen LogP contribution in [0.3, 0.4) is 0 Å². The lowest BCUT2D eigenvalue weighted by molar-refractivity contribution is -0.132. The molecular weight excluding hydrogens is 384 g/mol. The number of carbonyl (C=O) groups is 1. The van der Waals surface area contributed by atoms with Crippen molar-refractivity contribution in [3.05, 3.63) is 102 Å². The molecule has 1 aromatic heterocycles. The van der Waals surface area contributed by atoms with Crippen LogP contribution in [0.5, 0.6) is 0 Å². The van der Waals surface area contributed by atoms with Gasteiger partial charge in [-0.2, -0.15) is 5.10 Å². The first-order chi connectivity index (χ1) is 15.3. The van der Waals surface area contributed by atoms with E-state index >= 15 is 0 Å². The molecule has 1 amide bonds. The lowest BCUT2D eigenvalue weighted by Crippen LogP contribution is -2.50. The van der Waals surface area contributed by atoms with E-state index in [9.17, 15) is 4.79 Å². The van der Waals surface area contributed by atoms with Crippen LogP contribution in [0.15, 0.2) is 91.1 Å². The minimum atomic E-state index is -0.286. The third-order valence-electron chi connectivity index (χ3n) is 5.95. The van der Waals surface area contributed by atoms with E-state index in [0.717, 1.165) is 40.8 Å². The van der Waals surface area contributed by atoms with Crippen molar-refractivity contribution in [3.63, 3.8) is 0 Å². The summed E-state index contributed by atoms with van der Waals surface area (Å²) in [6.45, 7) is 2.81. The molecule has 1 aliphatic heterocycles. The molecule has 1 fully saturated rings. The van der Waals surface area contributed by atoms with E-state index in [-0.39, 0.29) is 11.8 Å². The lowest BCUT2D eigenvalue weighted by Gasteiger charge is -2.37. The zero-order valence-corrected chi connectivity index (χ0v) is 17.3. The summed E-state index contributed by atoms with van der Waals surface area (Å²) in [5.41, 5.74) is 2.06. The number of fused-ring (bicyclic) bond motifs is 1. The zero-order valence-electron chi connectivity index (χ0n) is 17.3. The average Bonchev–Trinajstić information content (AvgIpc) is 2.85. The number of piperazine rings is 1. The fraction of sp³-hybridized carbons (Fsp3) is 0.192. The predicted molar refractivity (Wildman–Crippen MR) is 123 cm³/mol. The topological polar surface area (TPSA) is 49.3 Å². The maximum absolute atomic E-state index is 13.6. The van der Waals surface area contributed by atoms with Crippen molar-refractivity contribution in [1.29, 1.82) is 0 Å². The molecule has 1 saturated heterocycles. The first-order valence-electron chi connectivity index (χ1n) is 10.7. The highest BCUT2D eigenvalue weighted by Gasteiger charge is 2.30. The number of hydrogen-bond acceptors (Lipinski definition) is 4. The lowest BCUT2D eigenvalue weighted by atomic mass is 9.90. The molecule has 0 atom stereocenters. The summed E-state index contributed by atoms with van der Waals surface area (Å²) in [7, 11) is 0. The molecule has 2 heterocycles. The first-order valence-corrected chi connectivity index (χ1v) is 10.7. The molecule has 31 heavy (non-hydrogen) atoms. The van der Waals surface area contributed by atoms with Crippen LogP contribution in [-0.2, 0) is 4.79 Å². The van der Waals surface area contributed by atoms with E-state index in [4.69, 9.17) is 0 Å². The van der Waals surface area contributed by atoms with Gasteiger partial charge in [0.2, 0.25) is 5.91 Å². The van der Waals surface area contributed by atoms with Gasteiger partial charge in [-0.1, -0.05) is 84.9 Å². The summed E-state index contributed by atoms with van der Waals surface area (Å²) in [5, 5.41) is 10.8. The number of carbonyl (C=O) groups excluding carboxylic acids is 1. The smallest absolute Gasteiger partial charge is 0.234 e. The van der Waals surface area contributed by atoms with Gasteiger partial charge in [0.05, 0.1) is 12.1 Å². The Hall–Kier alpha value is -3.73. The van der Waals surface area contributed by atoms with Crippen molar-refractivity contribution in [2.24, 2.45) is 0 Å². The van der Waals surface area contributed by atoms with Crippen molar-refractivity contribution in [2.45, 2.75) is 5.92 Å². The Balaban J connectivity index is 1.37. The van der Waals surface area contributed by atoms with Gasteiger partial charge in [-0.25, -0.2) is 0 Å². The summed E-state index contributed by atoms with van der Waals surface area (Å²) in [5.74, 6) is 0.764. The number of nitrogens with zero attached hydrogens (tertiary/aromatic N) is 4. The highest BCUT2D eigenvalue weighted by atomic mass is 16.2. The van der Waals surface area contributed by atoms with Crippen LogP contribution in [0.25, 0.3) is 10.8 Å². The minimum absolute atomic E-state index is 0.154. The maximum atomic E-state index is 13.6. The van der Waals surface area contributed by atoms with Gasteiger partial charge in [-0.15, -0.1) is 5.10 Å². The molecule has 0 bridgehead atoms. The second-order valence-electron chi connectivity index (χ2n) is 7.82. The summed E-state index contributed by atoms with van der Waals surface area (Å²) >= 11 is 0. The second-order valence-corrected chi connectivity index (χ2v) is 7.82. The van der Waals surface area contributed by atoms with Gasteiger partial charge in [-0.3, -0.25) is 4.79 Å². The molecule has 1 aliphatic rings.